The Morgan fingerprint density at radius 3 is 2.11 bits per heavy atom. The molecule has 0 amide bonds. The zero-order chi connectivity index (χ0) is 13.6. The van der Waals surface area contributed by atoms with Crippen LogP contribution in [0.3, 0.4) is 0 Å². The second kappa shape index (κ2) is 6.72. The Kier molecular flexibility index (Phi) is 5.58. The Hall–Kier alpha value is -1.11. The van der Waals surface area contributed by atoms with Crippen LogP contribution in [0.4, 0.5) is 4.39 Å². The maximum atomic E-state index is 14.1. The van der Waals surface area contributed by atoms with Crippen molar-refractivity contribution < 1.29 is 4.39 Å². The van der Waals surface area contributed by atoms with Crippen molar-refractivity contribution in [3.05, 3.63) is 48.6 Å². The fourth-order valence-corrected chi connectivity index (χ4v) is 1.83. The van der Waals surface area contributed by atoms with Crippen LogP contribution in [0.1, 0.15) is 34.1 Å². The fraction of sp³-hybridized carbons (Fsp3) is 0.529. The number of rotatable bonds is 0. The van der Waals surface area contributed by atoms with Gasteiger partial charge in [0.15, 0.2) is 0 Å². The van der Waals surface area contributed by atoms with Gasteiger partial charge >= 0.3 is 0 Å². The third-order valence-corrected chi connectivity index (χ3v) is 3.14. The van der Waals surface area contributed by atoms with Crippen LogP contribution in [0.5, 0.6) is 0 Å². The molecule has 1 aliphatic rings. The van der Waals surface area contributed by atoms with Crippen LogP contribution in [0.2, 0.25) is 0 Å². The lowest BCUT2D eigenvalue weighted by Crippen LogP contribution is -2.10. The molecule has 0 fully saturated rings. The summed E-state index contributed by atoms with van der Waals surface area (Å²) < 4.78 is 14.1. The molecule has 0 aromatic heterocycles. The second-order valence-corrected chi connectivity index (χ2v) is 5.61. The Morgan fingerprint density at radius 2 is 1.44 bits per heavy atom. The molecule has 0 aromatic rings. The Morgan fingerprint density at radius 1 is 0.889 bits per heavy atom. The highest BCUT2D eigenvalue weighted by molar-refractivity contribution is 5.15. The Bertz CT molecular complexity index is 358. The number of alkyl halides is 1. The highest BCUT2D eigenvalue weighted by Gasteiger charge is 2.14. The minimum atomic E-state index is -1.34. The van der Waals surface area contributed by atoms with Crippen molar-refractivity contribution in [1.82, 2.24) is 0 Å². The first-order valence-electron chi connectivity index (χ1n) is 6.81. The maximum absolute atomic E-state index is 14.1. The smallest absolute Gasteiger partial charge is 0.144 e. The maximum Gasteiger partial charge on any atom is 0.144 e. The summed E-state index contributed by atoms with van der Waals surface area (Å²) in [5, 5.41) is 0. The van der Waals surface area contributed by atoms with Gasteiger partial charge in [-0.05, 0) is 43.3 Å². The first kappa shape index (κ1) is 14.9. The molecular weight excluding hydrogens is 223 g/mol. The summed E-state index contributed by atoms with van der Waals surface area (Å²) in [5.41, 5.74) is -1.34. The van der Waals surface area contributed by atoms with E-state index < -0.39 is 5.67 Å². The zero-order valence-electron chi connectivity index (χ0n) is 11.9. The Labute approximate surface area is 111 Å². The summed E-state index contributed by atoms with van der Waals surface area (Å²) >= 11 is 0. The van der Waals surface area contributed by atoms with E-state index >= 15 is 0 Å². The summed E-state index contributed by atoms with van der Waals surface area (Å²) in [7, 11) is 0. The van der Waals surface area contributed by atoms with Gasteiger partial charge in [0.25, 0.3) is 0 Å². The van der Waals surface area contributed by atoms with Crippen LogP contribution in [0.15, 0.2) is 48.6 Å². The molecule has 0 spiro atoms. The highest BCUT2D eigenvalue weighted by atomic mass is 19.1. The minimum absolute atomic E-state index is 0.266. The van der Waals surface area contributed by atoms with Gasteiger partial charge in [0.2, 0.25) is 0 Å². The molecule has 0 N–H and O–H groups in total. The standard InChI is InChI=1S/C17H25F/c1-14-6-5-12-17(4,18)13-11-16(3)10-9-15(2)8-7-14/h5,7-16H,6H2,1-4H3/b8-7-,10-9-,12-5?,13-11-. The first-order chi connectivity index (χ1) is 8.39. The molecule has 18 heavy (non-hydrogen) atoms. The average Bonchev–Trinajstić information content (AvgIpc) is 2.31. The largest absolute Gasteiger partial charge is 0.235 e. The molecule has 1 aliphatic carbocycles. The van der Waals surface area contributed by atoms with Crippen molar-refractivity contribution in [2.45, 2.75) is 39.8 Å². The topological polar surface area (TPSA) is 0 Å². The number of halogens is 1. The van der Waals surface area contributed by atoms with Gasteiger partial charge < -0.3 is 0 Å². The van der Waals surface area contributed by atoms with E-state index in [9.17, 15) is 4.39 Å². The van der Waals surface area contributed by atoms with E-state index in [0.717, 1.165) is 6.42 Å². The molecule has 1 heteroatoms. The molecule has 0 saturated carbocycles. The van der Waals surface area contributed by atoms with Crippen molar-refractivity contribution in [2.24, 2.45) is 17.8 Å². The van der Waals surface area contributed by atoms with Crippen LogP contribution in [0.25, 0.3) is 0 Å². The Balaban J connectivity index is 2.90. The SMILES string of the molecule is CC1/C=C\C(C)/C=C\C(C)(F)C=CCC(C)/C=C\1. The van der Waals surface area contributed by atoms with E-state index in [-0.39, 0.29) is 5.92 Å². The van der Waals surface area contributed by atoms with Crippen molar-refractivity contribution in [3.8, 4) is 0 Å². The molecular formula is C17H25F. The molecule has 0 aliphatic heterocycles. The van der Waals surface area contributed by atoms with Gasteiger partial charge in [-0.25, -0.2) is 4.39 Å². The molecule has 0 aromatic carbocycles. The van der Waals surface area contributed by atoms with Crippen molar-refractivity contribution in [3.63, 3.8) is 0 Å². The molecule has 4 atom stereocenters. The number of hydrogen-bond acceptors (Lipinski definition) is 0. The number of allylic oxidation sites excluding steroid dienone is 8. The quantitative estimate of drug-likeness (QED) is 0.513. The third-order valence-electron chi connectivity index (χ3n) is 3.14. The molecule has 1 rings (SSSR count). The molecule has 0 radical (unpaired) electrons. The first-order valence-corrected chi connectivity index (χ1v) is 6.81. The van der Waals surface area contributed by atoms with E-state index in [0.29, 0.717) is 11.8 Å². The van der Waals surface area contributed by atoms with Crippen LogP contribution in [-0.2, 0) is 0 Å². The van der Waals surface area contributed by atoms with Gasteiger partial charge in [-0.1, -0.05) is 57.2 Å². The molecule has 0 nitrogen and oxygen atoms in total. The van der Waals surface area contributed by atoms with Gasteiger partial charge in [0.05, 0.1) is 0 Å². The molecule has 100 valence electrons. The lowest BCUT2D eigenvalue weighted by atomic mass is 10.0. The van der Waals surface area contributed by atoms with Gasteiger partial charge in [0, 0.05) is 0 Å². The van der Waals surface area contributed by atoms with Gasteiger partial charge in [-0.3, -0.25) is 0 Å². The molecule has 0 heterocycles. The van der Waals surface area contributed by atoms with E-state index in [4.69, 9.17) is 0 Å². The monoisotopic (exact) mass is 248 g/mol. The summed E-state index contributed by atoms with van der Waals surface area (Å²) in [5.74, 6) is 1.15. The summed E-state index contributed by atoms with van der Waals surface area (Å²) in [6, 6.07) is 0. The van der Waals surface area contributed by atoms with Crippen LogP contribution in [-0.4, -0.2) is 5.67 Å². The van der Waals surface area contributed by atoms with E-state index in [1.54, 1.807) is 19.1 Å². The van der Waals surface area contributed by atoms with Crippen LogP contribution in [0, 0.1) is 17.8 Å². The second-order valence-electron chi connectivity index (χ2n) is 5.61. The van der Waals surface area contributed by atoms with Crippen LogP contribution < -0.4 is 0 Å². The minimum Gasteiger partial charge on any atom is -0.235 e. The van der Waals surface area contributed by atoms with Crippen molar-refractivity contribution in [1.29, 1.82) is 0 Å². The molecule has 0 bridgehead atoms. The lowest BCUT2D eigenvalue weighted by molar-refractivity contribution is 0.326. The zero-order valence-corrected chi connectivity index (χ0v) is 11.9. The third kappa shape index (κ3) is 6.00. The number of hydrogen-bond donors (Lipinski definition) is 0. The van der Waals surface area contributed by atoms with Gasteiger partial charge in [-0.2, -0.15) is 0 Å². The molecule has 0 saturated heterocycles. The summed E-state index contributed by atoms with van der Waals surface area (Å²) in [6.45, 7) is 8.00. The highest BCUT2D eigenvalue weighted by Crippen LogP contribution is 2.19. The van der Waals surface area contributed by atoms with Crippen molar-refractivity contribution in [2.75, 3.05) is 0 Å². The predicted octanol–water partition coefficient (Wildman–Crippen LogP) is 5.25. The summed E-state index contributed by atoms with van der Waals surface area (Å²) in [6.07, 6.45) is 16.8. The predicted molar refractivity (Wildman–Crippen MR) is 78.2 cm³/mol. The average molecular weight is 248 g/mol. The van der Waals surface area contributed by atoms with Crippen LogP contribution >= 0.6 is 0 Å². The van der Waals surface area contributed by atoms with E-state index in [1.165, 1.54) is 0 Å². The normalized spacial score (nSPS) is 43.3. The van der Waals surface area contributed by atoms with Crippen molar-refractivity contribution >= 4 is 0 Å². The van der Waals surface area contributed by atoms with E-state index in [1.807, 2.05) is 12.2 Å². The van der Waals surface area contributed by atoms with E-state index in [2.05, 4.69) is 45.1 Å². The fourth-order valence-electron chi connectivity index (χ4n) is 1.83. The summed E-state index contributed by atoms with van der Waals surface area (Å²) in [4.78, 5) is 0. The van der Waals surface area contributed by atoms with Gasteiger partial charge in [-0.15, -0.1) is 0 Å². The lowest BCUT2D eigenvalue weighted by Gasteiger charge is -2.11. The van der Waals surface area contributed by atoms with Gasteiger partial charge in [0.1, 0.15) is 5.67 Å². The molecule has 4 unspecified atom stereocenters.